The number of aromatic nitrogens is 2. The molecule has 6 heteroatoms. The number of nitrogens with zero attached hydrogens (tertiary/aromatic N) is 4. The summed E-state index contributed by atoms with van der Waals surface area (Å²) in [5, 5.41) is 7.78. The van der Waals surface area contributed by atoms with Crippen LogP contribution in [-0.2, 0) is 19.6 Å². The summed E-state index contributed by atoms with van der Waals surface area (Å²) in [4.78, 5) is 6.52. The van der Waals surface area contributed by atoms with Crippen LogP contribution in [0.4, 0.5) is 0 Å². The molecule has 0 saturated heterocycles. The molecule has 1 aromatic heterocycles. The monoisotopic (exact) mass is 377 g/mol. The summed E-state index contributed by atoms with van der Waals surface area (Å²) in [6, 6.07) is 18.4. The molecule has 0 aliphatic carbocycles. The molecule has 0 fully saturated rings. The van der Waals surface area contributed by atoms with Gasteiger partial charge in [0.1, 0.15) is 5.75 Å². The van der Waals surface area contributed by atoms with Crippen molar-refractivity contribution in [3.8, 4) is 5.75 Å². The predicted molar refractivity (Wildman–Crippen MR) is 112 cm³/mol. The fourth-order valence-corrected chi connectivity index (χ4v) is 3.18. The molecule has 6 nitrogen and oxygen atoms in total. The van der Waals surface area contributed by atoms with Gasteiger partial charge in [0, 0.05) is 45.1 Å². The number of hydrogen-bond acceptors (Lipinski definition) is 3. The SMILES string of the molecule is CN=C(NCc1ccccc1Cn1cccn1)N(C)Cc1ccccc1OC. The number of methoxy groups -OCH3 is 1. The smallest absolute Gasteiger partial charge is 0.193 e. The number of aliphatic imine (C=N–C) groups is 1. The second kappa shape index (κ2) is 9.60. The zero-order valence-corrected chi connectivity index (χ0v) is 16.7. The Bertz CT molecular complexity index is 905. The third-order valence-electron chi connectivity index (χ3n) is 4.62. The lowest BCUT2D eigenvalue weighted by Gasteiger charge is -2.23. The van der Waals surface area contributed by atoms with Gasteiger partial charge in [0.2, 0.25) is 0 Å². The Morgan fingerprint density at radius 3 is 2.46 bits per heavy atom. The average molecular weight is 377 g/mol. The molecule has 28 heavy (non-hydrogen) atoms. The van der Waals surface area contributed by atoms with Gasteiger partial charge in [-0.3, -0.25) is 9.67 Å². The van der Waals surface area contributed by atoms with E-state index in [0.29, 0.717) is 13.1 Å². The first-order chi connectivity index (χ1) is 13.7. The van der Waals surface area contributed by atoms with Crippen LogP contribution in [0, 0.1) is 0 Å². The molecule has 0 spiro atoms. The molecule has 0 radical (unpaired) electrons. The molecule has 3 aromatic rings. The summed E-state index contributed by atoms with van der Waals surface area (Å²) in [5.74, 6) is 1.72. The van der Waals surface area contributed by atoms with Gasteiger partial charge >= 0.3 is 0 Å². The van der Waals surface area contributed by atoms with Crippen molar-refractivity contribution in [2.24, 2.45) is 4.99 Å². The third-order valence-corrected chi connectivity index (χ3v) is 4.62. The highest BCUT2D eigenvalue weighted by Gasteiger charge is 2.11. The molecule has 0 aliphatic heterocycles. The van der Waals surface area contributed by atoms with Crippen molar-refractivity contribution in [3.05, 3.63) is 83.7 Å². The molecule has 0 amide bonds. The van der Waals surface area contributed by atoms with Gasteiger partial charge in [-0.2, -0.15) is 5.10 Å². The van der Waals surface area contributed by atoms with Gasteiger partial charge in [0.15, 0.2) is 5.96 Å². The highest BCUT2D eigenvalue weighted by Crippen LogP contribution is 2.19. The zero-order valence-electron chi connectivity index (χ0n) is 16.7. The van der Waals surface area contributed by atoms with E-state index in [9.17, 15) is 0 Å². The molecular weight excluding hydrogens is 350 g/mol. The van der Waals surface area contributed by atoms with Crippen molar-refractivity contribution in [1.29, 1.82) is 0 Å². The Kier molecular flexibility index (Phi) is 6.68. The lowest BCUT2D eigenvalue weighted by atomic mass is 10.1. The van der Waals surface area contributed by atoms with Crippen molar-refractivity contribution in [3.63, 3.8) is 0 Å². The van der Waals surface area contributed by atoms with E-state index in [1.807, 2.05) is 42.2 Å². The minimum atomic E-state index is 0.695. The van der Waals surface area contributed by atoms with Crippen LogP contribution in [0.25, 0.3) is 0 Å². The van der Waals surface area contributed by atoms with Crippen LogP contribution >= 0.6 is 0 Å². The van der Waals surface area contributed by atoms with E-state index in [0.717, 1.165) is 23.8 Å². The van der Waals surface area contributed by atoms with Gasteiger partial charge in [-0.1, -0.05) is 42.5 Å². The van der Waals surface area contributed by atoms with E-state index < -0.39 is 0 Å². The highest BCUT2D eigenvalue weighted by atomic mass is 16.5. The quantitative estimate of drug-likeness (QED) is 0.508. The summed E-state index contributed by atoms with van der Waals surface area (Å²) in [6.07, 6.45) is 3.78. The van der Waals surface area contributed by atoms with E-state index in [4.69, 9.17) is 4.74 Å². The molecule has 0 unspecified atom stereocenters. The van der Waals surface area contributed by atoms with Crippen LogP contribution in [0.5, 0.6) is 5.75 Å². The van der Waals surface area contributed by atoms with Crippen LogP contribution in [0.2, 0.25) is 0 Å². The van der Waals surface area contributed by atoms with E-state index in [2.05, 4.69) is 50.6 Å². The number of benzene rings is 2. The van der Waals surface area contributed by atoms with Crippen molar-refractivity contribution in [1.82, 2.24) is 20.0 Å². The molecule has 2 aromatic carbocycles. The first-order valence-electron chi connectivity index (χ1n) is 9.29. The van der Waals surface area contributed by atoms with Crippen molar-refractivity contribution in [2.45, 2.75) is 19.6 Å². The van der Waals surface area contributed by atoms with Crippen LogP contribution in [0.3, 0.4) is 0 Å². The van der Waals surface area contributed by atoms with Gasteiger partial charge < -0.3 is 15.0 Å². The van der Waals surface area contributed by atoms with Gasteiger partial charge in [-0.15, -0.1) is 0 Å². The van der Waals surface area contributed by atoms with Gasteiger partial charge in [0.05, 0.1) is 13.7 Å². The summed E-state index contributed by atoms with van der Waals surface area (Å²) in [6.45, 7) is 2.15. The van der Waals surface area contributed by atoms with E-state index >= 15 is 0 Å². The molecule has 0 saturated carbocycles. The Morgan fingerprint density at radius 1 is 1.07 bits per heavy atom. The number of para-hydroxylation sites is 1. The minimum absolute atomic E-state index is 0.695. The highest BCUT2D eigenvalue weighted by molar-refractivity contribution is 5.79. The molecular formula is C22H27N5O. The molecule has 1 heterocycles. The molecule has 0 bridgehead atoms. The van der Waals surface area contributed by atoms with Crippen molar-refractivity contribution in [2.75, 3.05) is 21.2 Å². The normalized spacial score (nSPS) is 11.3. The second-order valence-corrected chi connectivity index (χ2v) is 6.54. The maximum absolute atomic E-state index is 5.46. The Morgan fingerprint density at radius 2 is 1.79 bits per heavy atom. The summed E-state index contributed by atoms with van der Waals surface area (Å²) < 4.78 is 7.39. The lowest BCUT2D eigenvalue weighted by molar-refractivity contribution is 0.396. The van der Waals surface area contributed by atoms with E-state index in [-0.39, 0.29) is 0 Å². The first kappa shape index (κ1) is 19.5. The Hall–Kier alpha value is -3.28. The fraction of sp³-hybridized carbons (Fsp3) is 0.273. The number of ether oxygens (including phenoxy) is 1. The predicted octanol–water partition coefficient (Wildman–Crippen LogP) is 3.15. The molecule has 146 valence electrons. The fourth-order valence-electron chi connectivity index (χ4n) is 3.18. The van der Waals surface area contributed by atoms with Crippen LogP contribution < -0.4 is 10.1 Å². The van der Waals surface area contributed by atoms with Gasteiger partial charge in [0.25, 0.3) is 0 Å². The van der Waals surface area contributed by atoms with Crippen LogP contribution in [0.1, 0.15) is 16.7 Å². The summed E-state index contributed by atoms with van der Waals surface area (Å²) in [5.41, 5.74) is 3.58. The first-order valence-corrected chi connectivity index (χ1v) is 9.29. The molecule has 0 atom stereocenters. The Labute approximate surface area is 166 Å². The molecule has 3 rings (SSSR count). The number of hydrogen-bond donors (Lipinski definition) is 1. The largest absolute Gasteiger partial charge is 0.496 e. The molecule has 1 N–H and O–H groups in total. The summed E-state index contributed by atoms with van der Waals surface area (Å²) in [7, 11) is 5.52. The minimum Gasteiger partial charge on any atom is -0.496 e. The van der Waals surface area contributed by atoms with E-state index in [1.165, 1.54) is 11.1 Å². The maximum Gasteiger partial charge on any atom is 0.193 e. The number of guanidine groups is 1. The zero-order chi connectivity index (χ0) is 19.8. The topological polar surface area (TPSA) is 54.7 Å². The number of rotatable bonds is 7. The van der Waals surface area contributed by atoms with Crippen LogP contribution in [0.15, 0.2) is 72.0 Å². The van der Waals surface area contributed by atoms with Gasteiger partial charge in [-0.25, -0.2) is 0 Å². The molecule has 0 aliphatic rings. The Balaban J connectivity index is 1.66. The summed E-state index contributed by atoms with van der Waals surface area (Å²) >= 11 is 0. The maximum atomic E-state index is 5.46. The third kappa shape index (κ3) is 4.91. The standard InChI is InChI=1S/C22H27N5O/c1-23-22(26(2)16-20-11-6-7-12-21(20)28-3)24-15-18-9-4-5-10-19(18)17-27-14-8-13-25-27/h4-14H,15-17H2,1-3H3,(H,23,24). The second-order valence-electron chi connectivity index (χ2n) is 6.54. The average Bonchev–Trinajstić information content (AvgIpc) is 3.23. The van der Waals surface area contributed by atoms with Gasteiger partial charge in [-0.05, 0) is 23.3 Å². The number of nitrogens with one attached hydrogen (secondary N) is 1. The lowest BCUT2D eigenvalue weighted by Crippen LogP contribution is -2.38. The van der Waals surface area contributed by atoms with E-state index in [1.54, 1.807) is 20.4 Å². The van der Waals surface area contributed by atoms with Crippen molar-refractivity contribution < 1.29 is 4.74 Å². The van der Waals surface area contributed by atoms with Crippen LogP contribution in [-0.4, -0.2) is 41.8 Å². The van der Waals surface area contributed by atoms with Crippen molar-refractivity contribution >= 4 is 5.96 Å².